The standard InChI is InChI=1S/C52H82O23/c1-22-35(72-40-33(60)30(57)26(56)19-68-40)36(73-43-39(63)52(67,20-54)21-69-43)34(61)41(70-22)74-37-32(59)31(58)27(18-53)71-42(37)75-45(66)51-14-12-46(2,3)16-24(51)23-8-9-28-47(4)17-25(55)38(62)50(7,44(64)65)29(47)10-11-49(28,6)48(23,5)13-15-51/h8,22,24-43,53-63,67H,9-21H2,1-7H3,(H,64,65)/t22-,24-,25-,26+,27+,28+,29+,30-,31+,32-,33+,34+,35-,36-,37+,38-,39+,40-,41-,42-,43+,47+,48+,49+,50-,51-,52-/m0/s1. The van der Waals surface area contributed by atoms with E-state index < -0.39 is 188 Å². The van der Waals surface area contributed by atoms with Gasteiger partial charge in [0.1, 0.15) is 66.6 Å². The summed E-state index contributed by atoms with van der Waals surface area (Å²) >= 11 is 0. The zero-order chi connectivity index (χ0) is 54.9. The third-order valence-electron chi connectivity index (χ3n) is 20.8. The molecule has 23 heteroatoms. The van der Waals surface area contributed by atoms with Crippen LogP contribution in [0.2, 0.25) is 0 Å². The van der Waals surface area contributed by atoms with E-state index in [1.807, 2.05) is 0 Å². The smallest absolute Gasteiger partial charge is 0.315 e. The number of hydrogen-bond acceptors (Lipinski definition) is 22. The number of allylic oxidation sites excluding steroid dienone is 2. The zero-order valence-corrected chi connectivity index (χ0v) is 43.8. The maximum atomic E-state index is 15.5. The molecule has 428 valence electrons. The second-order valence-electron chi connectivity index (χ2n) is 25.4. The summed E-state index contributed by atoms with van der Waals surface area (Å²) in [6.07, 6.45) is -23.3. The highest BCUT2D eigenvalue weighted by Crippen LogP contribution is 2.76. The molecular weight excluding hydrogens is 993 g/mol. The molecule has 4 heterocycles. The number of ether oxygens (including phenoxy) is 8. The van der Waals surface area contributed by atoms with E-state index in [0.717, 1.165) is 5.57 Å². The molecule has 13 N–H and O–H groups in total. The van der Waals surface area contributed by atoms with Crippen LogP contribution in [0.4, 0.5) is 0 Å². The Morgan fingerprint density at radius 3 is 2.00 bits per heavy atom. The molecule has 9 aliphatic rings. The van der Waals surface area contributed by atoms with Gasteiger partial charge in [-0.05, 0) is 111 Å². The Hall–Kier alpha value is -2.08. The SMILES string of the molecule is C[C@@H]1O[C@@H](O[C@H]2[C@H](OC(=O)[C@]34CCC(C)(C)C[C@H]3C3=CC[C@@H]5[C@@]6(C)C[C@H](O)[C@H](O)[C@@](C)(C(=O)O)[C@@H]6CC[C@@]5(C)[C@]3(C)CC4)O[C@H](CO)[C@@H](O)[C@@H]2O)[C@H](O)[C@H](O[C@H]2OC[C@@](O)(CO)[C@@H]2O)[C@H]1O[C@@H]1OC[C@@H](O)[C@H](O)[C@H]1O. The molecule has 0 spiro atoms. The summed E-state index contributed by atoms with van der Waals surface area (Å²) in [5.41, 5.74) is -5.58. The minimum atomic E-state index is -2.17. The molecule has 75 heavy (non-hydrogen) atoms. The monoisotopic (exact) mass is 1070 g/mol. The topological polar surface area (TPSA) is 371 Å². The van der Waals surface area contributed by atoms with Crippen molar-refractivity contribution in [2.45, 2.75) is 222 Å². The molecule has 4 aliphatic heterocycles. The van der Waals surface area contributed by atoms with Crippen molar-refractivity contribution in [3.8, 4) is 0 Å². The van der Waals surface area contributed by atoms with Crippen LogP contribution in [0, 0.1) is 50.2 Å². The summed E-state index contributed by atoms with van der Waals surface area (Å²) < 4.78 is 47.8. The molecule has 4 saturated carbocycles. The lowest BCUT2D eigenvalue weighted by Crippen LogP contribution is -2.69. The lowest BCUT2D eigenvalue weighted by atomic mass is 9.33. The Morgan fingerprint density at radius 1 is 0.680 bits per heavy atom. The molecule has 0 amide bonds. The molecule has 23 nitrogen and oxygen atoms in total. The molecule has 0 radical (unpaired) electrons. The molecule has 9 rings (SSSR count). The van der Waals surface area contributed by atoms with Crippen molar-refractivity contribution >= 4 is 11.9 Å². The number of carbonyl (C=O) groups is 2. The first-order chi connectivity index (χ1) is 35.0. The molecule has 27 atom stereocenters. The highest BCUT2D eigenvalue weighted by atomic mass is 16.8. The molecule has 8 fully saturated rings. The molecule has 0 bridgehead atoms. The number of carbonyl (C=O) groups excluding carboxylic acids is 1. The number of esters is 1. The summed E-state index contributed by atoms with van der Waals surface area (Å²) in [5.74, 6) is -2.67. The summed E-state index contributed by atoms with van der Waals surface area (Å²) in [6, 6.07) is 0. The fourth-order valence-corrected chi connectivity index (χ4v) is 15.9. The van der Waals surface area contributed by atoms with Crippen LogP contribution in [0.15, 0.2) is 11.6 Å². The first kappa shape index (κ1) is 57.6. The van der Waals surface area contributed by atoms with Crippen molar-refractivity contribution in [1.82, 2.24) is 0 Å². The fourth-order valence-electron chi connectivity index (χ4n) is 15.9. The average molecular weight is 1080 g/mol. The fraction of sp³-hybridized carbons (Fsp3) is 0.923. The van der Waals surface area contributed by atoms with Crippen LogP contribution in [0.3, 0.4) is 0 Å². The predicted octanol–water partition coefficient (Wildman–Crippen LogP) is -1.69. The molecule has 0 aromatic heterocycles. The summed E-state index contributed by atoms with van der Waals surface area (Å²) in [6.45, 7) is 11.1. The van der Waals surface area contributed by atoms with Gasteiger partial charge in [0.15, 0.2) is 25.0 Å². The third-order valence-corrected chi connectivity index (χ3v) is 20.8. The van der Waals surface area contributed by atoms with E-state index in [1.165, 1.54) is 6.92 Å². The van der Waals surface area contributed by atoms with Gasteiger partial charge >= 0.3 is 11.9 Å². The van der Waals surface area contributed by atoms with Crippen LogP contribution in [0.25, 0.3) is 0 Å². The maximum Gasteiger partial charge on any atom is 0.315 e. The van der Waals surface area contributed by atoms with Crippen molar-refractivity contribution in [3.63, 3.8) is 0 Å². The Balaban J connectivity index is 1.01. The molecule has 0 aromatic rings. The van der Waals surface area contributed by atoms with Gasteiger partial charge in [0.2, 0.25) is 6.29 Å². The van der Waals surface area contributed by atoms with E-state index in [9.17, 15) is 71.2 Å². The Bertz CT molecular complexity index is 2150. The van der Waals surface area contributed by atoms with Gasteiger partial charge in [0.25, 0.3) is 0 Å². The predicted molar refractivity (Wildman–Crippen MR) is 253 cm³/mol. The number of carboxylic acids is 1. The molecule has 5 aliphatic carbocycles. The van der Waals surface area contributed by atoms with Crippen LogP contribution < -0.4 is 0 Å². The van der Waals surface area contributed by atoms with Gasteiger partial charge in [-0.15, -0.1) is 0 Å². The number of rotatable bonds is 11. The van der Waals surface area contributed by atoms with Crippen LogP contribution in [-0.2, 0) is 47.5 Å². The largest absolute Gasteiger partial charge is 0.481 e. The van der Waals surface area contributed by atoms with Gasteiger partial charge < -0.3 is 104 Å². The average Bonchev–Trinajstić information content (AvgIpc) is 3.64. The van der Waals surface area contributed by atoms with Crippen LogP contribution in [0.1, 0.15) is 106 Å². The lowest BCUT2D eigenvalue weighted by molar-refractivity contribution is -0.385. The Morgan fingerprint density at radius 2 is 1.35 bits per heavy atom. The minimum Gasteiger partial charge on any atom is -0.481 e. The lowest BCUT2D eigenvalue weighted by Gasteiger charge is -2.71. The van der Waals surface area contributed by atoms with Crippen molar-refractivity contribution in [3.05, 3.63) is 11.6 Å². The van der Waals surface area contributed by atoms with E-state index in [4.69, 9.17) is 37.9 Å². The van der Waals surface area contributed by atoms with E-state index in [2.05, 4.69) is 40.7 Å². The minimum absolute atomic E-state index is 0.0770. The molecule has 4 saturated heterocycles. The van der Waals surface area contributed by atoms with Gasteiger partial charge in [0, 0.05) is 0 Å². The van der Waals surface area contributed by atoms with Gasteiger partial charge in [-0.25, -0.2) is 0 Å². The van der Waals surface area contributed by atoms with E-state index in [0.29, 0.717) is 51.4 Å². The number of aliphatic hydroxyl groups is 12. The van der Waals surface area contributed by atoms with Crippen molar-refractivity contribution in [2.24, 2.45) is 50.2 Å². The maximum absolute atomic E-state index is 15.5. The van der Waals surface area contributed by atoms with Gasteiger partial charge in [-0.2, -0.15) is 0 Å². The second-order valence-corrected chi connectivity index (χ2v) is 25.4. The van der Waals surface area contributed by atoms with Crippen molar-refractivity contribution < 1.29 is 114 Å². The number of hydrogen-bond donors (Lipinski definition) is 13. The van der Waals surface area contributed by atoms with Gasteiger partial charge in [-0.3, -0.25) is 9.59 Å². The first-order valence-corrected chi connectivity index (χ1v) is 26.7. The highest BCUT2D eigenvalue weighted by molar-refractivity contribution is 5.79. The number of aliphatic carboxylic acids is 1. The highest BCUT2D eigenvalue weighted by Gasteiger charge is 2.72. The number of carboxylic acid groups (broad SMARTS) is 1. The first-order valence-electron chi connectivity index (χ1n) is 26.7. The van der Waals surface area contributed by atoms with Crippen molar-refractivity contribution in [2.75, 3.05) is 26.4 Å². The van der Waals surface area contributed by atoms with E-state index >= 15 is 4.79 Å². The summed E-state index contributed by atoms with van der Waals surface area (Å²) in [7, 11) is 0. The van der Waals surface area contributed by atoms with Gasteiger partial charge in [-0.1, -0.05) is 46.3 Å². The summed E-state index contributed by atoms with van der Waals surface area (Å²) in [5, 5.41) is 141. The third kappa shape index (κ3) is 8.98. The molecule has 0 unspecified atom stereocenters. The van der Waals surface area contributed by atoms with E-state index in [-0.39, 0.29) is 23.7 Å². The van der Waals surface area contributed by atoms with Crippen LogP contribution >= 0.6 is 0 Å². The van der Waals surface area contributed by atoms with Gasteiger partial charge in [0.05, 0.1) is 55.6 Å². The quantitative estimate of drug-likeness (QED) is 0.0811. The normalized spacial score (nSPS) is 54.6. The number of fused-ring (bicyclic) bond motifs is 7. The number of aliphatic hydroxyl groups excluding tert-OH is 11. The zero-order valence-electron chi connectivity index (χ0n) is 43.8. The van der Waals surface area contributed by atoms with Crippen LogP contribution in [-0.4, -0.2) is 221 Å². The van der Waals surface area contributed by atoms with Crippen LogP contribution in [0.5, 0.6) is 0 Å². The van der Waals surface area contributed by atoms with Crippen molar-refractivity contribution in [1.29, 1.82) is 0 Å². The Kier molecular flexibility index (Phi) is 15.5. The summed E-state index contributed by atoms with van der Waals surface area (Å²) in [4.78, 5) is 28.4. The Labute approximate surface area is 435 Å². The molecular formula is C52H82O23. The second kappa shape index (κ2) is 20.2. The molecule has 0 aromatic carbocycles. The van der Waals surface area contributed by atoms with E-state index in [1.54, 1.807) is 6.92 Å².